The number of amides is 2. The molecule has 0 unspecified atom stereocenters. The van der Waals surface area contributed by atoms with Gasteiger partial charge in [-0.1, -0.05) is 91.0 Å². The number of carbonyl (C=O) groups excluding carboxylic acids is 2. The molecule has 6 rings (SSSR count). The van der Waals surface area contributed by atoms with Crippen molar-refractivity contribution >= 4 is 17.8 Å². The van der Waals surface area contributed by atoms with E-state index in [4.69, 9.17) is 5.41 Å². The van der Waals surface area contributed by atoms with Crippen LogP contribution in [-0.2, 0) is 16.9 Å². The Kier molecular flexibility index (Phi) is 6.00. The Bertz CT molecular complexity index is 1470. The summed E-state index contributed by atoms with van der Waals surface area (Å²) in [5.41, 5.74) is 3.83. The van der Waals surface area contributed by atoms with Crippen LogP contribution in [0.25, 0.3) is 11.1 Å². The van der Waals surface area contributed by atoms with Gasteiger partial charge in [0.1, 0.15) is 0 Å². The molecule has 0 radical (unpaired) electrons. The van der Waals surface area contributed by atoms with Crippen LogP contribution in [0.2, 0.25) is 0 Å². The van der Waals surface area contributed by atoms with E-state index >= 15 is 0 Å². The third kappa shape index (κ3) is 4.34. The number of rotatable bonds is 7. The van der Waals surface area contributed by atoms with Crippen molar-refractivity contribution in [3.05, 3.63) is 131 Å². The molecule has 4 aromatic carbocycles. The van der Waals surface area contributed by atoms with Crippen molar-refractivity contribution in [2.45, 2.75) is 31.0 Å². The lowest BCUT2D eigenvalue weighted by Crippen LogP contribution is -2.45. The average Bonchev–Trinajstić information content (AvgIpc) is 3.75. The van der Waals surface area contributed by atoms with E-state index in [0.29, 0.717) is 11.6 Å². The topological polar surface area (TPSA) is 85.3 Å². The molecule has 1 aliphatic carbocycles. The quantitative estimate of drug-likeness (QED) is 0.332. The van der Waals surface area contributed by atoms with E-state index in [9.17, 15) is 9.59 Å². The van der Waals surface area contributed by atoms with Crippen molar-refractivity contribution in [1.82, 2.24) is 15.5 Å². The zero-order valence-electron chi connectivity index (χ0n) is 20.9. The standard InChI is InChI=1S/C32H28N4O2/c33-31-35-32(26-13-3-1-4-14-26,27-15-5-2-6-16-27)30(38)36(31)21-22-9-7-10-23(19-22)24-11-8-12-25(20-24)29(37)34-28-17-18-28/h1-16,19-20,28H,17-18,21H2,(H2,33,35)(H,34,37). The molecular weight excluding hydrogens is 472 g/mol. The van der Waals surface area contributed by atoms with Gasteiger partial charge in [-0.05, 0) is 58.9 Å². The van der Waals surface area contributed by atoms with Crippen LogP contribution in [0.4, 0.5) is 0 Å². The summed E-state index contributed by atoms with van der Waals surface area (Å²) in [6.45, 7) is 0.252. The normalized spacial score (nSPS) is 16.3. The van der Waals surface area contributed by atoms with Gasteiger partial charge in [0.25, 0.3) is 11.8 Å². The zero-order valence-corrected chi connectivity index (χ0v) is 20.9. The van der Waals surface area contributed by atoms with Gasteiger partial charge in [0.05, 0.1) is 6.54 Å². The van der Waals surface area contributed by atoms with E-state index in [2.05, 4.69) is 10.6 Å². The molecule has 0 spiro atoms. The van der Waals surface area contributed by atoms with Crippen LogP contribution in [-0.4, -0.2) is 28.7 Å². The molecule has 1 saturated carbocycles. The maximum absolute atomic E-state index is 14.1. The molecule has 38 heavy (non-hydrogen) atoms. The molecule has 6 nitrogen and oxygen atoms in total. The highest BCUT2D eigenvalue weighted by Crippen LogP contribution is 2.36. The molecular formula is C32H28N4O2. The Morgan fingerprint density at radius 2 is 1.45 bits per heavy atom. The molecule has 2 aliphatic rings. The Balaban J connectivity index is 1.29. The number of guanidine groups is 1. The lowest BCUT2D eigenvalue weighted by molar-refractivity contribution is -0.130. The summed E-state index contributed by atoms with van der Waals surface area (Å²) >= 11 is 0. The van der Waals surface area contributed by atoms with E-state index < -0.39 is 5.54 Å². The van der Waals surface area contributed by atoms with Crippen molar-refractivity contribution in [2.75, 3.05) is 0 Å². The second-order valence-corrected chi connectivity index (χ2v) is 9.88. The molecule has 0 bridgehead atoms. The number of hydrogen-bond acceptors (Lipinski definition) is 3. The van der Waals surface area contributed by atoms with Crippen LogP contribution in [0.3, 0.4) is 0 Å². The van der Waals surface area contributed by atoms with Gasteiger partial charge in [-0.3, -0.25) is 19.9 Å². The average molecular weight is 501 g/mol. The minimum absolute atomic E-state index is 0.0501. The van der Waals surface area contributed by atoms with Crippen molar-refractivity contribution in [1.29, 1.82) is 5.41 Å². The molecule has 3 N–H and O–H groups in total. The summed E-state index contributed by atoms with van der Waals surface area (Å²) in [7, 11) is 0. The highest BCUT2D eigenvalue weighted by molar-refractivity contribution is 6.10. The Hall–Kier alpha value is -4.71. The second kappa shape index (κ2) is 9.63. The molecule has 6 heteroatoms. The molecule has 1 heterocycles. The molecule has 188 valence electrons. The molecule has 0 aromatic heterocycles. The first-order valence-corrected chi connectivity index (χ1v) is 12.8. The Morgan fingerprint density at radius 1 is 0.842 bits per heavy atom. The lowest BCUT2D eigenvalue weighted by atomic mass is 9.82. The molecule has 4 aromatic rings. The van der Waals surface area contributed by atoms with Gasteiger partial charge in [-0.15, -0.1) is 0 Å². The number of hydrogen-bond donors (Lipinski definition) is 3. The Labute approximate surface area is 221 Å². The highest BCUT2D eigenvalue weighted by Gasteiger charge is 2.52. The maximum Gasteiger partial charge on any atom is 0.264 e. The predicted molar refractivity (Wildman–Crippen MR) is 147 cm³/mol. The molecule has 1 saturated heterocycles. The van der Waals surface area contributed by atoms with Crippen molar-refractivity contribution in [3.63, 3.8) is 0 Å². The summed E-state index contributed by atoms with van der Waals surface area (Å²) < 4.78 is 0. The lowest BCUT2D eigenvalue weighted by Gasteiger charge is -2.28. The van der Waals surface area contributed by atoms with Crippen LogP contribution in [0.15, 0.2) is 109 Å². The first-order valence-electron chi connectivity index (χ1n) is 12.8. The summed E-state index contributed by atoms with van der Waals surface area (Å²) in [6.07, 6.45) is 2.09. The van der Waals surface area contributed by atoms with Crippen LogP contribution >= 0.6 is 0 Å². The van der Waals surface area contributed by atoms with E-state index in [1.54, 1.807) is 0 Å². The number of benzene rings is 4. The summed E-state index contributed by atoms with van der Waals surface area (Å²) in [5.74, 6) is -0.179. The smallest absolute Gasteiger partial charge is 0.264 e. The SMILES string of the molecule is N=C1NC(c2ccccc2)(c2ccccc2)C(=O)N1Cc1cccc(-c2cccc(C(=O)NC3CC3)c2)c1. The second-order valence-electron chi connectivity index (χ2n) is 9.88. The molecule has 2 fully saturated rings. The zero-order chi connectivity index (χ0) is 26.1. The van der Waals surface area contributed by atoms with E-state index in [0.717, 1.165) is 40.7 Å². The first-order chi connectivity index (χ1) is 18.5. The van der Waals surface area contributed by atoms with Gasteiger partial charge in [0, 0.05) is 11.6 Å². The van der Waals surface area contributed by atoms with Crippen molar-refractivity contribution in [2.24, 2.45) is 0 Å². The molecule has 1 aliphatic heterocycles. The predicted octanol–water partition coefficient (Wildman–Crippen LogP) is 5.06. The minimum atomic E-state index is -1.17. The number of carbonyl (C=O) groups is 2. The van der Waals surface area contributed by atoms with Crippen molar-refractivity contribution < 1.29 is 9.59 Å². The fourth-order valence-electron chi connectivity index (χ4n) is 5.06. The van der Waals surface area contributed by atoms with Crippen LogP contribution < -0.4 is 10.6 Å². The van der Waals surface area contributed by atoms with E-state index in [-0.39, 0.29) is 24.3 Å². The molecule has 2 amide bonds. The van der Waals surface area contributed by atoms with Gasteiger partial charge < -0.3 is 10.6 Å². The fourth-order valence-corrected chi connectivity index (χ4v) is 5.06. The largest absolute Gasteiger partial charge is 0.349 e. The number of nitrogens with zero attached hydrogens (tertiary/aromatic N) is 1. The minimum Gasteiger partial charge on any atom is -0.349 e. The first kappa shape index (κ1) is 23.7. The van der Waals surface area contributed by atoms with Crippen LogP contribution in [0.5, 0.6) is 0 Å². The van der Waals surface area contributed by atoms with Gasteiger partial charge >= 0.3 is 0 Å². The van der Waals surface area contributed by atoms with E-state index in [1.807, 2.05) is 109 Å². The van der Waals surface area contributed by atoms with Crippen molar-refractivity contribution in [3.8, 4) is 11.1 Å². The summed E-state index contributed by atoms with van der Waals surface area (Å²) in [4.78, 5) is 28.1. The maximum atomic E-state index is 14.1. The summed E-state index contributed by atoms with van der Waals surface area (Å²) in [6, 6.07) is 34.9. The third-order valence-electron chi connectivity index (χ3n) is 7.19. The van der Waals surface area contributed by atoms with E-state index in [1.165, 1.54) is 4.90 Å². The third-order valence-corrected chi connectivity index (χ3v) is 7.19. The molecule has 0 atom stereocenters. The Morgan fingerprint density at radius 3 is 2.08 bits per heavy atom. The number of nitrogens with one attached hydrogen (secondary N) is 3. The van der Waals surface area contributed by atoms with Crippen LogP contribution in [0.1, 0.15) is 39.9 Å². The van der Waals surface area contributed by atoms with Gasteiger partial charge in [-0.25, -0.2) is 0 Å². The van der Waals surface area contributed by atoms with Gasteiger partial charge in [-0.2, -0.15) is 0 Å². The monoisotopic (exact) mass is 500 g/mol. The van der Waals surface area contributed by atoms with Crippen LogP contribution in [0, 0.1) is 5.41 Å². The van der Waals surface area contributed by atoms with Gasteiger partial charge in [0.15, 0.2) is 11.5 Å². The fraction of sp³-hybridized carbons (Fsp3) is 0.156. The van der Waals surface area contributed by atoms with Gasteiger partial charge in [0.2, 0.25) is 0 Å². The summed E-state index contributed by atoms with van der Waals surface area (Å²) in [5, 5.41) is 15.0. The highest BCUT2D eigenvalue weighted by atomic mass is 16.2.